The minimum atomic E-state index is -0.508. The largest absolute Gasteiger partial charge is 0.508 e. The molecule has 0 spiro atoms. The minimum Gasteiger partial charge on any atom is -0.508 e. The Kier molecular flexibility index (Phi) is 3.94. The molecule has 16 heavy (non-hydrogen) atoms. The van der Waals surface area contributed by atoms with Crippen molar-refractivity contribution < 1.29 is 19.4 Å². The minimum absolute atomic E-state index is 0.0981. The first-order chi connectivity index (χ1) is 7.58. The Hall–Kier alpha value is -1.97. The van der Waals surface area contributed by atoms with Crippen LogP contribution in [0.5, 0.6) is 5.75 Å². The highest BCUT2D eigenvalue weighted by Gasteiger charge is 2.14. The number of ether oxygens (including phenoxy) is 2. The van der Waals surface area contributed by atoms with Gasteiger partial charge in [-0.05, 0) is 30.2 Å². The molecule has 1 aromatic carbocycles. The molecular formula is C12H14O4. The van der Waals surface area contributed by atoms with Crippen LogP contribution in [0, 0.1) is 6.92 Å². The molecule has 0 aliphatic carbocycles. The van der Waals surface area contributed by atoms with Crippen molar-refractivity contribution in [3.63, 3.8) is 0 Å². The van der Waals surface area contributed by atoms with Crippen LogP contribution in [0.15, 0.2) is 24.5 Å². The molecule has 0 bridgehead atoms. The molecule has 0 fully saturated rings. The molecule has 0 unspecified atom stereocenters. The summed E-state index contributed by atoms with van der Waals surface area (Å²) in [6, 6.07) is 4.85. The average molecular weight is 222 g/mol. The topological polar surface area (TPSA) is 55.8 Å². The van der Waals surface area contributed by atoms with Gasteiger partial charge in [-0.1, -0.05) is 6.07 Å². The van der Waals surface area contributed by atoms with E-state index < -0.39 is 5.97 Å². The molecule has 0 aliphatic heterocycles. The number of aryl methyl sites for hydroxylation is 1. The Morgan fingerprint density at radius 3 is 2.50 bits per heavy atom. The maximum Gasteiger partial charge on any atom is 0.341 e. The van der Waals surface area contributed by atoms with Gasteiger partial charge in [0, 0.05) is 0 Å². The molecule has 1 aromatic rings. The van der Waals surface area contributed by atoms with Crippen molar-refractivity contribution >= 4 is 11.5 Å². The lowest BCUT2D eigenvalue weighted by atomic mass is 10.0. The Bertz CT molecular complexity index is 401. The summed E-state index contributed by atoms with van der Waals surface area (Å²) in [6.45, 7) is 1.82. The van der Waals surface area contributed by atoms with E-state index in [4.69, 9.17) is 4.74 Å². The van der Waals surface area contributed by atoms with Crippen molar-refractivity contribution in [1.29, 1.82) is 0 Å². The molecule has 4 heteroatoms. The predicted octanol–water partition coefficient (Wildman–Crippen LogP) is 1.86. The number of carbonyl (C=O) groups is 1. The third kappa shape index (κ3) is 2.76. The SMILES string of the molecule is CO/C=C(/C(=O)OC)c1cc(C)cc(O)c1. The Labute approximate surface area is 94.1 Å². The van der Waals surface area contributed by atoms with Gasteiger partial charge >= 0.3 is 5.97 Å². The zero-order valence-electron chi connectivity index (χ0n) is 9.48. The van der Waals surface area contributed by atoms with Gasteiger partial charge in [-0.15, -0.1) is 0 Å². The molecule has 0 saturated carbocycles. The lowest BCUT2D eigenvalue weighted by molar-refractivity contribution is -0.133. The fourth-order valence-electron chi connectivity index (χ4n) is 1.38. The van der Waals surface area contributed by atoms with Crippen molar-refractivity contribution in [1.82, 2.24) is 0 Å². The van der Waals surface area contributed by atoms with Gasteiger partial charge in [-0.3, -0.25) is 0 Å². The van der Waals surface area contributed by atoms with Crippen molar-refractivity contribution in [3.05, 3.63) is 35.6 Å². The van der Waals surface area contributed by atoms with E-state index in [1.165, 1.54) is 26.5 Å². The van der Waals surface area contributed by atoms with Crippen LogP contribution in [0.2, 0.25) is 0 Å². The number of methoxy groups -OCH3 is 2. The first-order valence-corrected chi connectivity index (χ1v) is 4.70. The Morgan fingerprint density at radius 1 is 1.31 bits per heavy atom. The number of rotatable bonds is 3. The second-order valence-corrected chi connectivity index (χ2v) is 3.32. The summed E-state index contributed by atoms with van der Waals surface area (Å²) in [5.74, 6) is -0.409. The summed E-state index contributed by atoms with van der Waals surface area (Å²) in [4.78, 5) is 11.5. The molecule has 4 nitrogen and oxygen atoms in total. The average Bonchev–Trinajstić information content (AvgIpc) is 2.23. The molecule has 0 saturated heterocycles. The zero-order valence-corrected chi connectivity index (χ0v) is 9.48. The lowest BCUT2D eigenvalue weighted by Crippen LogP contribution is -2.04. The van der Waals surface area contributed by atoms with Crippen LogP contribution >= 0.6 is 0 Å². The van der Waals surface area contributed by atoms with Crippen LogP contribution < -0.4 is 0 Å². The third-order valence-electron chi connectivity index (χ3n) is 2.01. The van der Waals surface area contributed by atoms with Crippen LogP contribution in [0.1, 0.15) is 11.1 Å². The quantitative estimate of drug-likeness (QED) is 0.482. The van der Waals surface area contributed by atoms with E-state index in [-0.39, 0.29) is 11.3 Å². The van der Waals surface area contributed by atoms with E-state index in [1.807, 2.05) is 6.92 Å². The highest BCUT2D eigenvalue weighted by molar-refractivity contribution is 6.16. The van der Waals surface area contributed by atoms with Crippen molar-refractivity contribution in [2.45, 2.75) is 6.92 Å². The number of benzene rings is 1. The Balaban J connectivity index is 3.21. The normalized spacial score (nSPS) is 11.1. The summed E-state index contributed by atoms with van der Waals surface area (Å²) in [6.07, 6.45) is 1.29. The van der Waals surface area contributed by atoms with Crippen molar-refractivity contribution in [2.75, 3.05) is 14.2 Å². The smallest absolute Gasteiger partial charge is 0.341 e. The maximum atomic E-state index is 11.5. The maximum absolute atomic E-state index is 11.5. The van der Waals surface area contributed by atoms with Gasteiger partial charge in [-0.25, -0.2) is 4.79 Å². The standard InChI is InChI=1S/C12H14O4/c1-8-4-9(6-10(13)5-8)11(7-15-2)12(14)16-3/h4-7,13H,1-3H3/b11-7+. The summed E-state index contributed by atoms with van der Waals surface area (Å²) in [5.41, 5.74) is 1.68. The molecule has 1 rings (SSSR count). The molecule has 0 amide bonds. The lowest BCUT2D eigenvalue weighted by Gasteiger charge is -2.07. The molecular weight excluding hydrogens is 208 g/mol. The summed E-state index contributed by atoms with van der Waals surface area (Å²) in [5, 5.41) is 9.45. The zero-order chi connectivity index (χ0) is 12.1. The van der Waals surface area contributed by atoms with Gasteiger partial charge in [-0.2, -0.15) is 0 Å². The second kappa shape index (κ2) is 5.21. The van der Waals surface area contributed by atoms with E-state index in [0.717, 1.165) is 5.56 Å². The number of aromatic hydroxyl groups is 1. The fraction of sp³-hybridized carbons (Fsp3) is 0.250. The number of hydrogen-bond acceptors (Lipinski definition) is 4. The molecule has 0 heterocycles. The van der Waals surface area contributed by atoms with Crippen LogP contribution in [0.3, 0.4) is 0 Å². The number of carbonyl (C=O) groups excluding carboxylic acids is 1. The molecule has 0 radical (unpaired) electrons. The second-order valence-electron chi connectivity index (χ2n) is 3.32. The monoisotopic (exact) mass is 222 g/mol. The highest BCUT2D eigenvalue weighted by Crippen LogP contribution is 2.22. The highest BCUT2D eigenvalue weighted by atomic mass is 16.5. The molecule has 0 atom stereocenters. The molecule has 0 aromatic heterocycles. The number of phenolic OH excluding ortho intramolecular Hbond substituents is 1. The van der Waals surface area contributed by atoms with E-state index in [1.54, 1.807) is 12.1 Å². The molecule has 86 valence electrons. The van der Waals surface area contributed by atoms with E-state index in [0.29, 0.717) is 5.56 Å². The van der Waals surface area contributed by atoms with Crippen molar-refractivity contribution in [2.24, 2.45) is 0 Å². The van der Waals surface area contributed by atoms with E-state index in [2.05, 4.69) is 4.74 Å². The van der Waals surface area contributed by atoms with Gasteiger partial charge in [0.15, 0.2) is 0 Å². The van der Waals surface area contributed by atoms with Gasteiger partial charge < -0.3 is 14.6 Å². The number of phenols is 1. The van der Waals surface area contributed by atoms with Gasteiger partial charge in [0.25, 0.3) is 0 Å². The first-order valence-electron chi connectivity index (χ1n) is 4.70. The van der Waals surface area contributed by atoms with E-state index >= 15 is 0 Å². The summed E-state index contributed by atoms with van der Waals surface area (Å²) >= 11 is 0. The van der Waals surface area contributed by atoms with Crippen LogP contribution in [-0.4, -0.2) is 25.3 Å². The summed E-state index contributed by atoms with van der Waals surface area (Å²) in [7, 11) is 2.74. The number of esters is 1. The Morgan fingerprint density at radius 2 is 2.00 bits per heavy atom. The van der Waals surface area contributed by atoms with Crippen LogP contribution in [-0.2, 0) is 14.3 Å². The molecule has 1 N–H and O–H groups in total. The summed E-state index contributed by atoms with van der Waals surface area (Å²) < 4.78 is 9.45. The number of hydrogen-bond donors (Lipinski definition) is 1. The third-order valence-corrected chi connectivity index (χ3v) is 2.01. The van der Waals surface area contributed by atoms with Crippen molar-refractivity contribution in [3.8, 4) is 5.75 Å². The predicted molar refractivity (Wildman–Crippen MR) is 59.8 cm³/mol. The fourth-order valence-corrected chi connectivity index (χ4v) is 1.38. The van der Waals surface area contributed by atoms with Gasteiger partial charge in [0.1, 0.15) is 11.3 Å². The van der Waals surface area contributed by atoms with Gasteiger partial charge in [0.05, 0.1) is 20.5 Å². The van der Waals surface area contributed by atoms with E-state index in [9.17, 15) is 9.90 Å². The van der Waals surface area contributed by atoms with Crippen LogP contribution in [0.25, 0.3) is 5.57 Å². The van der Waals surface area contributed by atoms with Gasteiger partial charge in [0.2, 0.25) is 0 Å². The molecule has 0 aliphatic rings. The van der Waals surface area contributed by atoms with Crippen LogP contribution in [0.4, 0.5) is 0 Å². The first kappa shape index (κ1) is 12.1.